The summed E-state index contributed by atoms with van der Waals surface area (Å²) in [7, 11) is -2.13. The number of thiol groups is 1. The molecule has 0 aliphatic carbocycles. The lowest BCUT2D eigenvalue weighted by atomic mass is 10.1. The molecule has 86 valence electrons. The Morgan fingerprint density at radius 2 is 1.14 bits per heavy atom. The first-order chi connectivity index (χ1) is 6.77. The Hall–Kier alpha value is -0.0500. The van der Waals surface area contributed by atoms with Crippen LogP contribution in [0.1, 0.15) is 64.7 Å². The Balaban J connectivity index is 2.92. The van der Waals surface area contributed by atoms with Gasteiger partial charge in [0.05, 0.1) is 0 Å². The fourth-order valence-electron chi connectivity index (χ4n) is 1.55. The molecule has 2 nitrogen and oxygen atoms in total. The first-order valence-electron chi connectivity index (χ1n) is 5.89. The first-order valence-corrected chi connectivity index (χ1v) is 7.25. The standard InChI is InChI=1S/C11H24O2S/c1-2-3-4-5-6-7-8-9-10-11-14(12)13/h14H,2-11H2,1H3. The largest absolute Gasteiger partial charge is 0.232 e. The molecule has 0 N–H and O–H groups in total. The predicted molar refractivity (Wildman–Crippen MR) is 62.4 cm³/mol. The van der Waals surface area contributed by atoms with Crippen LogP contribution in [-0.4, -0.2) is 14.2 Å². The van der Waals surface area contributed by atoms with E-state index in [1.54, 1.807) is 0 Å². The number of hydrogen-bond acceptors (Lipinski definition) is 2. The predicted octanol–water partition coefficient (Wildman–Crippen LogP) is 3.13. The highest BCUT2D eigenvalue weighted by Crippen LogP contribution is 2.09. The van der Waals surface area contributed by atoms with Gasteiger partial charge in [-0.2, -0.15) is 0 Å². The van der Waals surface area contributed by atoms with Gasteiger partial charge in [-0.05, 0) is 6.42 Å². The van der Waals surface area contributed by atoms with Crippen LogP contribution in [-0.2, 0) is 10.7 Å². The molecule has 0 unspecified atom stereocenters. The molecule has 0 aromatic rings. The molecule has 0 aliphatic heterocycles. The zero-order chi connectivity index (χ0) is 10.6. The molecule has 0 amide bonds. The lowest BCUT2D eigenvalue weighted by Crippen LogP contribution is -1.87. The molecule has 3 heteroatoms. The van der Waals surface area contributed by atoms with Crippen molar-refractivity contribution in [2.45, 2.75) is 64.7 Å². The minimum Gasteiger partial charge on any atom is -0.232 e. The summed E-state index contributed by atoms with van der Waals surface area (Å²) in [6.45, 7) is 2.23. The summed E-state index contributed by atoms with van der Waals surface area (Å²) >= 11 is 0. The van der Waals surface area contributed by atoms with Crippen molar-refractivity contribution in [2.75, 3.05) is 5.75 Å². The monoisotopic (exact) mass is 220 g/mol. The van der Waals surface area contributed by atoms with Gasteiger partial charge in [-0.3, -0.25) is 0 Å². The summed E-state index contributed by atoms with van der Waals surface area (Å²) < 4.78 is 20.5. The van der Waals surface area contributed by atoms with E-state index in [0.29, 0.717) is 5.75 Å². The van der Waals surface area contributed by atoms with Crippen LogP contribution in [0.5, 0.6) is 0 Å². The number of rotatable bonds is 10. The molecule has 0 bridgehead atoms. The molecule has 0 aromatic heterocycles. The van der Waals surface area contributed by atoms with E-state index in [2.05, 4.69) is 6.92 Å². The average molecular weight is 220 g/mol. The average Bonchev–Trinajstić information content (AvgIpc) is 2.15. The zero-order valence-corrected chi connectivity index (χ0v) is 10.2. The van der Waals surface area contributed by atoms with Crippen molar-refractivity contribution in [2.24, 2.45) is 0 Å². The Bertz CT molecular complexity index is 168. The van der Waals surface area contributed by atoms with E-state index in [0.717, 1.165) is 12.8 Å². The highest BCUT2D eigenvalue weighted by molar-refractivity contribution is 7.72. The summed E-state index contributed by atoms with van der Waals surface area (Å²) in [5, 5.41) is 0. The fourth-order valence-corrected chi connectivity index (χ4v) is 2.03. The van der Waals surface area contributed by atoms with E-state index in [-0.39, 0.29) is 0 Å². The zero-order valence-electron chi connectivity index (χ0n) is 9.33. The van der Waals surface area contributed by atoms with Gasteiger partial charge < -0.3 is 0 Å². The molecule has 0 saturated heterocycles. The Kier molecular flexibility index (Phi) is 11.0. The maximum Gasteiger partial charge on any atom is 0.140 e. The van der Waals surface area contributed by atoms with Crippen LogP contribution in [0.25, 0.3) is 0 Å². The van der Waals surface area contributed by atoms with Crippen molar-refractivity contribution in [1.82, 2.24) is 0 Å². The van der Waals surface area contributed by atoms with Crippen LogP contribution in [0.15, 0.2) is 0 Å². The molecule has 0 spiro atoms. The summed E-state index contributed by atoms with van der Waals surface area (Å²) in [6.07, 6.45) is 11.1. The molecular formula is C11H24O2S. The molecule has 0 rings (SSSR count). The number of hydrogen-bond donors (Lipinski definition) is 1. The van der Waals surface area contributed by atoms with Crippen LogP contribution in [0.3, 0.4) is 0 Å². The van der Waals surface area contributed by atoms with Crippen molar-refractivity contribution < 1.29 is 8.42 Å². The maximum atomic E-state index is 10.2. The topological polar surface area (TPSA) is 34.1 Å². The molecule has 0 radical (unpaired) electrons. The van der Waals surface area contributed by atoms with Crippen LogP contribution in [0.4, 0.5) is 0 Å². The van der Waals surface area contributed by atoms with Gasteiger partial charge in [0.1, 0.15) is 10.7 Å². The molecule has 0 saturated carbocycles. The van der Waals surface area contributed by atoms with Crippen molar-refractivity contribution >= 4 is 10.7 Å². The highest BCUT2D eigenvalue weighted by Gasteiger charge is 1.92. The molecule has 0 fully saturated rings. The Labute approximate surface area is 90.0 Å². The third-order valence-electron chi connectivity index (χ3n) is 2.44. The van der Waals surface area contributed by atoms with E-state index < -0.39 is 10.7 Å². The summed E-state index contributed by atoms with van der Waals surface area (Å²) in [5.74, 6) is 0.380. The van der Waals surface area contributed by atoms with Gasteiger partial charge in [-0.15, -0.1) is 0 Å². The van der Waals surface area contributed by atoms with E-state index in [9.17, 15) is 8.42 Å². The van der Waals surface area contributed by atoms with Crippen molar-refractivity contribution in [3.8, 4) is 0 Å². The lowest BCUT2D eigenvalue weighted by molar-refractivity contribution is 0.569. The van der Waals surface area contributed by atoms with Gasteiger partial charge >= 0.3 is 0 Å². The van der Waals surface area contributed by atoms with Gasteiger partial charge in [-0.25, -0.2) is 8.42 Å². The van der Waals surface area contributed by atoms with E-state index in [1.165, 1.54) is 44.9 Å². The van der Waals surface area contributed by atoms with Crippen molar-refractivity contribution in [1.29, 1.82) is 0 Å². The molecule has 0 aromatic carbocycles. The van der Waals surface area contributed by atoms with E-state index >= 15 is 0 Å². The van der Waals surface area contributed by atoms with Gasteiger partial charge in [0.15, 0.2) is 0 Å². The van der Waals surface area contributed by atoms with E-state index in [4.69, 9.17) is 0 Å². The Morgan fingerprint density at radius 1 is 0.714 bits per heavy atom. The molecule has 0 atom stereocenters. The maximum absolute atomic E-state index is 10.2. The second-order valence-electron chi connectivity index (χ2n) is 3.88. The number of unbranched alkanes of at least 4 members (excludes halogenated alkanes) is 8. The third kappa shape index (κ3) is 11.9. The minimum atomic E-state index is -2.13. The van der Waals surface area contributed by atoms with Gasteiger partial charge in [0, 0.05) is 5.75 Å². The van der Waals surface area contributed by atoms with E-state index in [1.807, 2.05) is 0 Å². The molecule has 0 heterocycles. The van der Waals surface area contributed by atoms with Crippen LogP contribution in [0, 0.1) is 0 Å². The molecular weight excluding hydrogens is 196 g/mol. The van der Waals surface area contributed by atoms with Gasteiger partial charge in [-0.1, -0.05) is 58.3 Å². The van der Waals surface area contributed by atoms with Crippen LogP contribution < -0.4 is 0 Å². The van der Waals surface area contributed by atoms with Crippen LogP contribution >= 0.6 is 0 Å². The normalized spacial score (nSPS) is 11.0. The molecule has 14 heavy (non-hydrogen) atoms. The van der Waals surface area contributed by atoms with Crippen molar-refractivity contribution in [3.05, 3.63) is 0 Å². The summed E-state index contributed by atoms with van der Waals surface area (Å²) in [6, 6.07) is 0. The van der Waals surface area contributed by atoms with Crippen LogP contribution in [0.2, 0.25) is 0 Å². The first kappa shape index (κ1) is 13.9. The molecule has 0 aliphatic rings. The highest BCUT2D eigenvalue weighted by atomic mass is 32.2. The summed E-state index contributed by atoms with van der Waals surface area (Å²) in [4.78, 5) is 0. The minimum absolute atomic E-state index is 0.380. The third-order valence-corrected chi connectivity index (χ3v) is 3.13. The van der Waals surface area contributed by atoms with Gasteiger partial charge in [0.2, 0.25) is 0 Å². The van der Waals surface area contributed by atoms with Crippen molar-refractivity contribution in [3.63, 3.8) is 0 Å². The SMILES string of the molecule is CCCCCCCCCCC[SH](=O)=O. The lowest BCUT2D eigenvalue weighted by Gasteiger charge is -1.99. The Morgan fingerprint density at radius 3 is 1.57 bits per heavy atom. The summed E-state index contributed by atoms with van der Waals surface area (Å²) in [5.41, 5.74) is 0. The van der Waals surface area contributed by atoms with Gasteiger partial charge in [0.25, 0.3) is 0 Å². The second-order valence-corrected chi connectivity index (χ2v) is 5.00. The second kappa shape index (κ2) is 11.0. The smallest absolute Gasteiger partial charge is 0.140 e. The fraction of sp³-hybridized carbons (Fsp3) is 1.00. The quantitative estimate of drug-likeness (QED) is 0.453.